The van der Waals surface area contributed by atoms with Crippen molar-refractivity contribution < 1.29 is 13.6 Å². The van der Waals surface area contributed by atoms with E-state index in [-0.39, 0.29) is 11.9 Å². The molecule has 0 aliphatic carbocycles. The maximum Gasteiger partial charge on any atom is 0.287 e. The minimum atomic E-state index is -0.231. The van der Waals surface area contributed by atoms with Crippen LogP contribution in [0.5, 0.6) is 0 Å². The summed E-state index contributed by atoms with van der Waals surface area (Å²) >= 11 is 6.00. The fraction of sp³-hybridized carbons (Fsp3) is 0.350. The number of carbonyl (C=O) groups excluding carboxylic acids is 1. The molecule has 4 rings (SSSR count). The summed E-state index contributed by atoms with van der Waals surface area (Å²) in [4.78, 5) is 14.9. The van der Waals surface area contributed by atoms with Gasteiger partial charge in [-0.25, -0.2) is 0 Å². The Hall–Kier alpha value is -2.24. The fourth-order valence-corrected chi connectivity index (χ4v) is 3.70. The molecule has 1 aromatic carbocycles. The first kappa shape index (κ1) is 17.2. The number of nitrogens with zero attached hydrogens (tertiary/aromatic N) is 1. The molecular formula is C20H21ClN2O3. The minimum absolute atomic E-state index is 0.0353. The van der Waals surface area contributed by atoms with E-state index in [1.165, 1.54) is 19.3 Å². The second-order valence-electron chi connectivity index (χ2n) is 6.63. The number of furan rings is 2. The van der Waals surface area contributed by atoms with E-state index in [1.807, 2.05) is 12.1 Å². The molecule has 1 aliphatic rings. The van der Waals surface area contributed by atoms with Crippen molar-refractivity contribution in [3.63, 3.8) is 0 Å². The van der Waals surface area contributed by atoms with E-state index in [1.54, 1.807) is 30.5 Å². The smallest absolute Gasteiger partial charge is 0.287 e. The molecule has 1 amide bonds. The third-order valence-electron chi connectivity index (χ3n) is 4.86. The average Bonchev–Trinajstić information content (AvgIpc) is 3.32. The summed E-state index contributed by atoms with van der Waals surface area (Å²) < 4.78 is 11.3. The molecule has 0 radical (unpaired) electrons. The maximum absolute atomic E-state index is 12.6. The molecule has 3 heterocycles. The Morgan fingerprint density at radius 2 is 2.04 bits per heavy atom. The number of piperidine rings is 1. The zero-order valence-corrected chi connectivity index (χ0v) is 15.2. The highest BCUT2D eigenvalue weighted by atomic mass is 35.5. The Balaban J connectivity index is 1.48. The highest BCUT2D eigenvalue weighted by molar-refractivity contribution is 6.31. The topological polar surface area (TPSA) is 58.6 Å². The molecule has 136 valence electrons. The molecule has 1 N–H and O–H groups in total. The van der Waals surface area contributed by atoms with E-state index < -0.39 is 0 Å². The zero-order valence-electron chi connectivity index (χ0n) is 14.4. The van der Waals surface area contributed by atoms with Crippen LogP contribution >= 0.6 is 11.6 Å². The number of nitrogens with one attached hydrogen (secondary N) is 1. The van der Waals surface area contributed by atoms with Gasteiger partial charge in [0.05, 0.1) is 12.3 Å². The molecule has 1 unspecified atom stereocenters. The molecule has 1 saturated heterocycles. The number of halogens is 1. The molecule has 0 spiro atoms. The fourth-order valence-electron chi connectivity index (χ4n) is 3.52. The number of amides is 1. The van der Waals surface area contributed by atoms with Crippen molar-refractivity contribution in [3.05, 3.63) is 59.2 Å². The van der Waals surface area contributed by atoms with E-state index in [0.717, 1.165) is 24.2 Å². The van der Waals surface area contributed by atoms with Gasteiger partial charge in [-0.2, -0.15) is 0 Å². The van der Waals surface area contributed by atoms with Crippen molar-refractivity contribution >= 4 is 28.5 Å². The Kier molecular flexibility index (Phi) is 5.00. The average molecular weight is 373 g/mol. The van der Waals surface area contributed by atoms with Gasteiger partial charge < -0.3 is 14.2 Å². The zero-order chi connectivity index (χ0) is 17.9. The van der Waals surface area contributed by atoms with Crippen molar-refractivity contribution in [2.45, 2.75) is 25.3 Å². The van der Waals surface area contributed by atoms with Gasteiger partial charge in [-0.05, 0) is 62.3 Å². The molecule has 3 aromatic rings. The number of likely N-dealkylation sites (tertiary alicyclic amines) is 1. The number of carbonyl (C=O) groups is 1. The van der Waals surface area contributed by atoms with E-state index in [0.29, 0.717) is 22.9 Å². The van der Waals surface area contributed by atoms with E-state index in [9.17, 15) is 4.79 Å². The van der Waals surface area contributed by atoms with Crippen LogP contribution in [0.3, 0.4) is 0 Å². The summed E-state index contributed by atoms with van der Waals surface area (Å²) in [6, 6.07) is 10.9. The molecule has 0 bridgehead atoms. The minimum Gasteiger partial charge on any atom is -0.468 e. The van der Waals surface area contributed by atoms with Gasteiger partial charge in [-0.3, -0.25) is 9.69 Å². The van der Waals surface area contributed by atoms with Crippen LogP contribution in [0.25, 0.3) is 11.0 Å². The Morgan fingerprint density at radius 1 is 1.19 bits per heavy atom. The van der Waals surface area contributed by atoms with Gasteiger partial charge in [0, 0.05) is 17.0 Å². The lowest BCUT2D eigenvalue weighted by molar-refractivity contribution is 0.0889. The predicted octanol–water partition coefficient (Wildman–Crippen LogP) is 4.64. The van der Waals surface area contributed by atoms with Crippen LogP contribution in [0.15, 0.2) is 51.5 Å². The molecule has 1 aliphatic heterocycles. The second-order valence-corrected chi connectivity index (χ2v) is 7.07. The van der Waals surface area contributed by atoms with Crippen molar-refractivity contribution in [2.75, 3.05) is 19.6 Å². The Labute approximate surface area is 156 Å². The molecule has 1 fully saturated rings. The largest absolute Gasteiger partial charge is 0.468 e. The first-order valence-electron chi connectivity index (χ1n) is 8.95. The van der Waals surface area contributed by atoms with E-state index in [2.05, 4.69) is 10.2 Å². The van der Waals surface area contributed by atoms with Crippen LogP contribution in [-0.4, -0.2) is 30.4 Å². The molecule has 5 nitrogen and oxygen atoms in total. The van der Waals surface area contributed by atoms with E-state index >= 15 is 0 Å². The predicted molar refractivity (Wildman–Crippen MR) is 100 cm³/mol. The molecular weight excluding hydrogens is 352 g/mol. The van der Waals surface area contributed by atoms with Gasteiger partial charge in [0.1, 0.15) is 11.3 Å². The van der Waals surface area contributed by atoms with Crippen molar-refractivity contribution in [3.8, 4) is 0 Å². The van der Waals surface area contributed by atoms with E-state index in [4.69, 9.17) is 20.4 Å². The summed E-state index contributed by atoms with van der Waals surface area (Å²) in [5.74, 6) is 0.939. The maximum atomic E-state index is 12.6. The molecule has 6 heteroatoms. The number of fused-ring (bicyclic) bond motifs is 1. The van der Waals surface area contributed by atoms with Crippen LogP contribution in [0.4, 0.5) is 0 Å². The summed E-state index contributed by atoms with van der Waals surface area (Å²) in [5.41, 5.74) is 0.651. The van der Waals surface area contributed by atoms with Crippen LogP contribution in [-0.2, 0) is 0 Å². The standard InChI is InChI=1S/C20H21ClN2O3/c21-15-6-7-17-14(11-15)12-19(26-17)20(24)22-13-16(18-5-4-10-25-18)23-8-2-1-3-9-23/h4-7,10-12,16H,1-3,8-9,13H2,(H,22,24). The highest BCUT2D eigenvalue weighted by Crippen LogP contribution is 2.26. The van der Waals surface area contributed by atoms with Gasteiger partial charge in [0.25, 0.3) is 5.91 Å². The highest BCUT2D eigenvalue weighted by Gasteiger charge is 2.25. The number of rotatable bonds is 5. The van der Waals surface area contributed by atoms with Crippen LogP contribution in [0.1, 0.15) is 41.6 Å². The Bertz CT molecular complexity index is 882. The number of hydrogen-bond donors (Lipinski definition) is 1. The van der Waals surface area contributed by atoms with Gasteiger partial charge in [0.2, 0.25) is 0 Å². The lowest BCUT2D eigenvalue weighted by Gasteiger charge is -2.33. The lowest BCUT2D eigenvalue weighted by atomic mass is 10.1. The quantitative estimate of drug-likeness (QED) is 0.709. The summed E-state index contributed by atoms with van der Waals surface area (Å²) in [7, 11) is 0. The Morgan fingerprint density at radius 3 is 2.81 bits per heavy atom. The first-order chi connectivity index (χ1) is 12.7. The SMILES string of the molecule is O=C(NCC(c1ccco1)N1CCCCC1)c1cc2cc(Cl)ccc2o1. The second kappa shape index (κ2) is 7.56. The van der Waals surface area contributed by atoms with Crippen molar-refractivity contribution in [2.24, 2.45) is 0 Å². The number of hydrogen-bond acceptors (Lipinski definition) is 4. The first-order valence-corrected chi connectivity index (χ1v) is 9.33. The lowest BCUT2D eigenvalue weighted by Crippen LogP contribution is -2.40. The van der Waals surface area contributed by atoms with Crippen LogP contribution in [0, 0.1) is 0 Å². The van der Waals surface area contributed by atoms with Crippen molar-refractivity contribution in [1.29, 1.82) is 0 Å². The third kappa shape index (κ3) is 3.64. The summed E-state index contributed by atoms with van der Waals surface area (Å²) in [6.07, 6.45) is 5.29. The van der Waals surface area contributed by atoms with Gasteiger partial charge >= 0.3 is 0 Å². The normalized spacial score (nSPS) is 16.7. The van der Waals surface area contributed by atoms with Gasteiger partial charge in [0.15, 0.2) is 5.76 Å². The summed E-state index contributed by atoms with van der Waals surface area (Å²) in [5, 5.41) is 4.43. The molecule has 0 saturated carbocycles. The van der Waals surface area contributed by atoms with Gasteiger partial charge in [-0.15, -0.1) is 0 Å². The van der Waals surface area contributed by atoms with Crippen LogP contribution in [0.2, 0.25) is 5.02 Å². The van der Waals surface area contributed by atoms with Gasteiger partial charge in [-0.1, -0.05) is 18.0 Å². The monoisotopic (exact) mass is 372 g/mol. The van der Waals surface area contributed by atoms with Crippen LogP contribution < -0.4 is 5.32 Å². The summed E-state index contributed by atoms with van der Waals surface area (Å²) in [6.45, 7) is 2.51. The third-order valence-corrected chi connectivity index (χ3v) is 5.10. The number of benzene rings is 1. The molecule has 1 atom stereocenters. The van der Waals surface area contributed by atoms with Crippen molar-refractivity contribution in [1.82, 2.24) is 10.2 Å². The molecule has 26 heavy (non-hydrogen) atoms. The molecule has 2 aromatic heterocycles.